The van der Waals surface area contributed by atoms with Gasteiger partial charge in [-0.15, -0.1) is 0 Å². The Kier molecular flexibility index (Phi) is 2.50. The fraction of sp³-hybridized carbons (Fsp3) is 0.364. The number of aryl methyl sites for hydroxylation is 1. The Morgan fingerprint density at radius 1 is 1.43 bits per heavy atom. The van der Waals surface area contributed by atoms with Crippen LogP contribution in [0.25, 0.3) is 0 Å². The lowest BCUT2D eigenvalue weighted by molar-refractivity contribution is -0.115. The van der Waals surface area contributed by atoms with Gasteiger partial charge in [0.2, 0.25) is 5.91 Å². The highest BCUT2D eigenvalue weighted by atomic mass is 16.1. The van der Waals surface area contributed by atoms with Crippen LogP contribution >= 0.6 is 0 Å². The minimum absolute atomic E-state index is 0.0935. The number of amides is 1. The lowest BCUT2D eigenvalue weighted by Gasteiger charge is -2.03. The summed E-state index contributed by atoms with van der Waals surface area (Å²) in [5, 5.41) is 2.84. The van der Waals surface area contributed by atoms with E-state index in [9.17, 15) is 4.79 Å². The monoisotopic (exact) mass is 190 g/mol. The van der Waals surface area contributed by atoms with E-state index in [1.807, 2.05) is 6.07 Å². The molecule has 14 heavy (non-hydrogen) atoms. The molecule has 1 aromatic carbocycles. The number of carbonyl (C=O) groups excluding carboxylic acids is 1. The average Bonchev–Trinajstić information content (AvgIpc) is 2.54. The summed E-state index contributed by atoms with van der Waals surface area (Å²) in [6, 6.07) is 6.16. The lowest BCUT2D eigenvalue weighted by atomic mass is 10.1. The lowest BCUT2D eigenvalue weighted by Crippen LogP contribution is -2.03. The number of rotatable bonds is 3. The molecule has 0 fully saturated rings. The summed E-state index contributed by atoms with van der Waals surface area (Å²) in [6.07, 6.45) is 2.50. The molecule has 3 N–H and O–H groups in total. The summed E-state index contributed by atoms with van der Waals surface area (Å²) in [6.45, 7) is 0.712. The van der Waals surface area contributed by atoms with Crippen molar-refractivity contribution in [2.45, 2.75) is 19.3 Å². The van der Waals surface area contributed by atoms with Crippen LogP contribution in [0.15, 0.2) is 18.2 Å². The molecular formula is C11H14N2O. The van der Waals surface area contributed by atoms with Crippen molar-refractivity contribution in [1.82, 2.24) is 0 Å². The number of carbonyl (C=O) groups is 1. The largest absolute Gasteiger partial charge is 0.330 e. The molecule has 0 saturated heterocycles. The number of hydrogen-bond acceptors (Lipinski definition) is 2. The number of nitrogens with one attached hydrogen (secondary N) is 1. The van der Waals surface area contributed by atoms with Crippen LogP contribution in [0.1, 0.15) is 17.5 Å². The van der Waals surface area contributed by atoms with Crippen LogP contribution in [0.2, 0.25) is 0 Å². The Bertz CT molecular complexity index is 360. The molecular weight excluding hydrogens is 176 g/mol. The van der Waals surface area contributed by atoms with Gasteiger partial charge in [-0.1, -0.05) is 12.1 Å². The van der Waals surface area contributed by atoms with Crippen molar-refractivity contribution in [3.05, 3.63) is 29.3 Å². The first-order chi connectivity index (χ1) is 6.79. The minimum Gasteiger partial charge on any atom is -0.330 e. The van der Waals surface area contributed by atoms with E-state index in [0.29, 0.717) is 13.0 Å². The molecule has 0 aliphatic carbocycles. The van der Waals surface area contributed by atoms with Gasteiger partial charge in [-0.25, -0.2) is 0 Å². The van der Waals surface area contributed by atoms with Crippen molar-refractivity contribution < 1.29 is 4.79 Å². The normalized spacial score (nSPS) is 13.9. The number of benzene rings is 1. The zero-order valence-corrected chi connectivity index (χ0v) is 8.05. The second kappa shape index (κ2) is 3.80. The fourth-order valence-electron chi connectivity index (χ4n) is 1.72. The summed E-state index contributed by atoms with van der Waals surface area (Å²) in [5.41, 5.74) is 8.77. The van der Waals surface area contributed by atoms with Crippen LogP contribution in [0, 0.1) is 0 Å². The Hall–Kier alpha value is -1.35. The number of hydrogen-bond donors (Lipinski definition) is 2. The molecule has 74 valence electrons. The summed E-state index contributed by atoms with van der Waals surface area (Å²) in [4.78, 5) is 11.1. The zero-order valence-electron chi connectivity index (χ0n) is 8.05. The van der Waals surface area contributed by atoms with Crippen molar-refractivity contribution in [2.75, 3.05) is 11.9 Å². The highest BCUT2D eigenvalue weighted by Gasteiger charge is 2.16. The molecule has 0 radical (unpaired) electrons. The van der Waals surface area contributed by atoms with E-state index in [-0.39, 0.29) is 5.91 Å². The first-order valence-electron chi connectivity index (χ1n) is 4.91. The van der Waals surface area contributed by atoms with E-state index in [4.69, 9.17) is 5.73 Å². The van der Waals surface area contributed by atoms with Gasteiger partial charge in [-0.3, -0.25) is 4.79 Å². The Labute approximate surface area is 83.3 Å². The van der Waals surface area contributed by atoms with E-state index < -0.39 is 0 Å². The van der Waals surface area contributed by atoms with Gasteiger partial charge in [-0.2, -0.15) is 0 Å². The Balaban J connectivity index is 2.16. The maximum atomic E-state index is 11.1. The van der Waals surface area contributed by atoms with E-state index in [1.165, 1.54) is 5.56 Å². The average molecular weight is 190 g/mol. The summed E-state index contributed by atoms with van der Waals surface area (Å²) >= 11 is 0. The summed E-state index contributed by atoms with van der Waals surface area (Å²) in [5.74, 6) is 0.0935. The molecule has 3 heteroatoms. The molecule has 0 spiro atoms. The van der Waals surface area contributed by atoms with Crippen LogP contribution in [0.3, 0.4) is 0 Å². The molecule has 0 aromatic heterocycles. The highest BCUT2D eigenvalue weighted by Crippen LogP contribution is 2.24. The standard InChI is InChI=1S/C11H14N2O/c12-5-1-2-8-3-4-9-7-11(14)13-10(9)6-8/h3-4,6H,1-2,5,7,12H2,(H,13,14). The van der Waals surface area contributed by atoms with Gasteiger partial charge in [0.05, 0.1) is 6.42 Å². The van der Waals surface area contributed by atoms with E-state index in [1.54, 1.807) is 0 Å². The van der Waals surface area contributed by atoms with Crippen molar-refractivity contribution >= 4 is 11.6 Å². The summed E-state index contributed by atoms with van der Waals surface area (Å²) in [7, 11) is 0. The van der Waals surface area contributed by atoms with Gasteiger partial charge in [0.1, 0.15) is 0 Å². The third kappa shape index (κ3) is 1.77. The van der Waals surface area contributed by atoms with Crippen LogP contribution < -0.4 is 11.1 Å². The third-order valence-electron chi connectivity index (χ3n) is 2.47. The molecule has 0 unspecified atom stereocenters. The van der Waals surface area contributed by atoms with Crippen molar-refractivity contribution in [3.63, 3.8) is 0 Å². The fourth-order valence-corrected chi connectivity index (χ4v) is 1.72. The number of nitrogens with two attached hydrogens (primary N) is 1. The molecule has 0 saturated carbocycles. The molecule has 0 atom stereocenters. The van der Waals surface area contributed by atoms with Gasteiger partial charge in [0.25, 0.3) is 0 Å². The van der Waals surface area contributed by atoms with Crippen LogP contribution in [0.4, 0.5) is 5.69 Å². The molecule has 3 nitrogen and oxygen atoms in total. The van der Waals surface area contributed by atoms with E-state index >= 15 is 0 Å². The second-order valence-electron chi connectivity index (χ2n) is 3.61. The SMILES string of the molecule is NCCCc1ccc2c(c1)NC(=O)C2. The quantitative estimate of drug-likeness (QED) is 0.749. The maximum absolute atomic E-state index is 11.1. The van der Waals surface area contributed by atoms with Gasteiger partial charge >= 0.3 is 0 Å². The van der Waals surface area contributed by atoms with Crippen LogP contribution in [0.5, 0.6) is 0 Å². The molecule has 1 aliphatic rings. The smallest absolute Gasteiger partial charge is 0.228 e. The predicted molar refractivity (Wildman–Crippen MR) is 56.2 cm³/mol. The predicted octanol–water partition coefficient (Wildman–Crippen LogP) is 1.07. The van der Waals surface area contributed by atoms with Crippen molar-refractivity contribution in [2.24, 2.45) is 5.73 Å². The number of fused-ring (bicyclic) bond motifs is 1. The molecule has 1 amide bonds. The van der Waals surface area contributed by atoms with Crippen molar-refractivity contribution in [1.29, 1.82) is 0 Å². The Morgan fingerprint density at radius 3 is 3.07 bits per heavy atom. The van der Waals surface area contributed by atoms with Gasteiger partial charge < -0.3 is 11.1 Å². The Morgan fingerprint density at radius 2 is 2.29 bits per heavy atom. The van der Waals surface area contributed by atoms with E-state index in [2.05, 4.69) is 17.4 Å². The minimum atomic E-state index is 0.0935. The topological polar surface area (TPSA) is 55.1 Å². The highest BCUT2D eigenvalue weighted by molar-refractivity contribution is 5.99. The van der Waals surface area contributed by atoms with Gasteiger partial charge in [-0.05, 0) is 36.6 Å². The van der Waals surface area contributed by atoms with Gasteiger partial charge in [0, 0.05) is 5.69 Å². The second-order valence-corrected chi connectivity index (χ2v) is 3.61. The van der Waals surface area contributed by atoms with Crippen LogP contribution in [-0.4, -0.2) is 12.5 Å². The van der Waals surface area contributed by atoms with Crippen LogP contribution in [-0.2, 0) is 17.6 Å². The molecule has 1 aromatic rings. The molecule has 1 heterocycles. The first kappa shape index (κ1) is 9.21. The maximum Gasteiger partial charge on any atom is 0.228 e. The van der Waals surface area contributed by atoms with Crippen molar-refractivity contribution in [3.8, 4) is 0 Å². The number of anilines is 1. The van der Waals surface area contributed by atoms with Gasteiger partial charge in [0.15, 0.2) is 0 Å². The molecule has 2 rings (SSSR count). The summed E-state index contributed by atoms with van der Waals surface area (Å²) < 4.78 is 0. The molecule has 0 bridgehead atoms. The van der Waals surface area contributed by atoms with E-state index in [0.717, 1.165) is 24.1 Å². The molecule has 1 aliphatic heterocycles. The zero-order chi connectivity index (χ0) is 9.97. The first-order valence-corrected chi connectivity index (χ1v) is 4.91. The third-order valence-corrected chi connectivity index (χ3v) is 2.47.